The number of hydrogen-bond acceptors (Lipinski definition) is 2. The van der Waals surface area contributed by atoms with E-state index >= 15 is 0 Å². The minimum Gasteiger partial charge on any atom is -0.534 e. The number of benzene rings is 4. The van der Waals surface area contributed by atoms with Crippen LogP contribution in [0.25, 0.3) is 10.8 Å². The highest BCUT2D eigenvalue weighted by Gasteiger charge is 2.52. The summed E-state index contributed by atoms with van der Waals surface area (Å²) in [5.41, 5.74) is 0.627. The molecule has 0 saturated carbocycles. The second-order valence-electron chi connectivity index (χ2n) is 8.62. The Labute approximate surface area is 179 Å². The number of aldehydes is 1. The lowest BCUT2D eigenvalue weighted by atomic mass is 10.1. The summed E-state index contributed by atoms with van der Waals surface area (Å²) < 4.78 is 7.17. The molecule has 150 valence electrons. The summed E-state index contributed by atoms with van der Waals surface area (Å²) >= 11 is 0. The van der Waals surface area contributed by atoms with Gasteiger partial charge in [0.25, 0.3) is 0 Å². The highest BCUT2D eigenvalue weighted by molar-refractivity contribution is 7.00. The molecule has 0 atom stereocenters. The Morgan fingerprint density at radius 1 is 0.733 bits per heavy atom. The maximum absolute atomic E-state index is 11.7. The molecule has 0 spiro atoms. The van der Waals surface area contributed by atoms with Crippen molar-refractivity contribution in [3.8, 4) is 5.75 Å². The van der Waals surface area contributed by atoms with Gasteiger partial charge in [-0.1, -0.05) is 106 Å². The average Bonchev–Trinajstić information content (AvgIpc) is 2.77. The van der Waals surface area contributed by atoms with Crippen LogP contribution in [0.3, 0.4) is 0 Å². The lowest BCUT2D eigenvalue weighted by molar-refractivity contribution is 0.112. The standard InChI is InChI=1S/C27H26O2Si/c1-27(2,3)30(23-13-6-4-7-14-23,24-15-8-5-9-16-24)29-26-19-21(20-28)18-22-12-10-11-17-25(22)26/h4-20H,1-3H3. The first kappa shape index (κ1) is 20.1. The van der Waals surface area contributed by atoms with Crippen LogP contribution in [0.15, 0.2) is 97.1 Å². The van der Waals surface area contributed by atoms with E-state index in [2.05, 4.69) is 75.4 Å². The predicted octanol–water partition coefficient (Wildman–Crippen LogP) is 5.59. The van der Waals surface area contributed by atoms with Crippen LogP contribution in [-0.2, 0) is 0 Å². The van der Waals surface area contributed by atoms with E-state index in [1.807, 2.05) is 42.5 Å². The van der Waals surface area contributed by atoms with Crippen LogP contribution in [0.5, 0.6) is 5.75 Å². The van der Waals surface area contributed by atoms with Gasteiger partial charge in [-0.3, -0.25) is 4.79 Å². The van der Waals surface area contributed by atoms with Gasteiger partial charge in [-0.05, 0) is 32.9 Å². The lowest BCUT2D eigenvalue weighted by Crippen LogP contribution is -2.68. The molecule has 0 aliphatic rings. The molecule has 4 aromatic carbocycles. The van der Waals surface area contributed by atoms with Gasteiger partial charge in [0.15, 0.2) is 0 Å². The smallest absolute Gasteiger partial charge is 0.319 e. The molecule has 2 nitrogen and oxygen atoms in total. The Bertz CT molecular complexity index is 1120. The summed E-state index contributed by atoms with van der Waals surface area (Å²) in [5.74, 6) is 0.768. The van der Waals surface area contributed by atoms with Gasteiger partial charge in [-0.15, -0.1) is 0 Å². The highest BCUT2D eigenvalue weighted by Crippen LogP contribution is 2.39. The summed E-state index contributed by atoms with van der Waals surface area (Å²) in [5, 5.41) is 4.31. The Morgan fingerprint density at radius 3 is 1.80 bits per heavy atom. The summed E-state index contributed by atoms with van der Waals surface area (Å²) in [6.45, 7) is 6.76. The third-order valence-electron chi connectivity index (χ3n) is 5.66. The van der Waals surface area contributed by atoms with Crippen molar-refractivity contribution in [1.82, 2.24) is 0 Å². The second kappa shape index (κ2) is 7.92. The van der Waals surface area contributed by atoms with Gasteiger partial charge < -0.3 is 4.43 Å². The zero-order valence-electron chi connectivity index (χ0n) is 17.6. The number of carbonyl (C=O) groups excluding carboxylic acids is 1. The van der Waals surface area contributed by atoms with Gasteiger partial charge in [0.1, 0.15) is 12.0 Å². The molecule has 0 fully saturated rings. The fourth-order valence-electron chi connectivity index (χ4n) is 4.26. The lowest BCUT2D eigenvalue weighted by Gasteiger charge is -2.43. The molecule has 0 aliphatic carbocycles. The first-order chi connectivity index (χ1) is 14.5. The molecule has 3 heteroatoms. The van der Waals surface area contributed by atoms with Crippen LogP contribution in [0.4, 0.5) is 0 Å². The quantitative estimate of drug-likeness (QED) is 0.317. The number of hydrogen-bond donors (Lipinski definition) is 0. The monoisotopic (exact) mass is 410 g/mol. The van der Waals surface area contributed by atoms with Crippen LogP contribution in [0.2, 0.25) is 5.04 Å². The van der Waals surface area contributed by atoms with E-state index in [1.165, 1.54) is 10.4 Å². The predicted molar refractivity (Wildman–Crippen MR) is 128 cm³/mol. The Morgan fingerprint density at radius 2 is 1.27 bits per heavy atom. The van der Waals surface area contributed by atoms with Gasteiger partial charge in [-0.2, -0.15) is 0 Å². The van der Waals surface area contributed by atoms with Crippen LogP contribution in [-0.4, -0.2) is 14.6 Å². The molecule has 0 aliphatic heterocycles. The van der Waals surface area contributed by atoms with Crippen LogP contribution in [0.1, 0.15) is 31.1 Å². The fourth-order valence-corrected chi connectivity index (χ4v) is 8.69. The Hall–Kier alpha value is -3.17. The molecule has 0 aromatic heterocycles. The van der Waals surface area contributed by atoms with Crippen LogP contribution < -0.4 is 14.8 Å². The summed E-state index contributed by atoms with van der Waals surface area (Å²) in [4.78, 5) is 11.7. The largest absolute Gasteiger partial charge is 0.534 e. The highest BCUT2D eigenvalue weighted by atomic mass is 28.4. The molecule has 4 rings (SSSR count). The Kier molecular flexibility index (Phi) is 5.31. The van der Waals surface area contributed by atoms with Gasteiger partial charge in [0.05, 0.1) is 0 Å². The molecule has 30 heavy (non-hydrogen) atoms. The van der Waals surface area contributed by atoms with E-state index in [1.54, 1.807) is 0 Å². The van der Waals surface area contributed by atoms with E-state index in [4.69, 9.17) is 4.43 Å². The van der Waals surface area contributed by atoms with Crippen molar-refractivity contribution in [3.05, 3.63) is 103 Å². The van der Waals surface area contributed by atoms with Crippen molar-refractivity contribution >= 4 is 35.7 Å². The minimum absolute atomic E-state index is 0.145. The van der Waals surface area contributed by atoms with Crippen molar-refractivity contribution in [3.63, 3.8) is 0 Å². The van der Waals surface area contributed by atoms with Crippen molar-refractivity contribution in [1.29, 1.82) is 0 Å². The van der Waals surface area contributed by atoms with E-state index in [-0.39, 0.29) is 5.04 Å². The van der Waals surface area contributed by atoms with Crippen LogP contribution in [0, 0.1) is 0 Å². The maximum atomic E-state index is 11.7. The van der Waals surface area contributed by atoms with Crippen molar-refractivity contribution in [2.45, 2.75) is 25.8 Å². The van der Waals surface area contributed by atoms with Gasteiger partial charge in [0, 0.05) is 10.9 Å². The van der Waals surface area contributed by atoms with E-state index in [0.29, 0.717) is 5.56 Å². The summed E-state index contributed by atoms with van der Waals surface area (Å²) in [6.07, 6.45) is 0.894. The first-order valence-electron chi connectivity index (χ1n) is 10.2. The molecular weight excluding hydrogens is 384 g/mol. The third kappa shape index (κ3) is 3.46. The molecule has 0 saturated heterocycles. The third-order valence-corrected chi connectivity index (χ3v) is 10.6. The fraction of sp³-hybridized carbons (Fsp3) is 0.148. The van der Waals surface area contributed by atoms with Gasteiger partial charge in [-0.25, -0.2) is 0 Å². The summed E-state index contributed by atoms with van der Waals surface area (Å²) in [7, 11) is -2.76. The number of rotatable bonds is 5. The molecule has 0 heterocycles. The molecular formula is C27H26O2Si. The van der Waals surface area contributed by atoms with Crippen LogP contribution >= 0.6 is 0 Å². The SMILES string of the molecule is CC(C)(C)[Si](Oc1cc(C=O)cc2ccccc12)(c1ccccc1)c1ccccc1. The second-order valence-corrected chi connectivity index (χ2v) is 12.8. The molecule has 0 amide bonds. The minimum atomic E-state index is -2.76. The van der Waals surface area contributed by atoms with Gasteiger partial charge in [0.2, 0.25) is 0 Å². The van der Waals surface area contributed by atoms with Crippen molar-refractivity contribution in [2.75, 3.05) is 0 Å². The van der Waals surface area contributed by atoms with Crippen molar-refractivity contribution < 1.29 is 9.22 Å². The molecule has 0 radical (unpaired) electrons. The normalized spacial score (nSPS) is 12.0. The maximum Gasteiger partial charge on any atom is 0.319 e. The van der Waals surface area contributed by atoms with E-state index in [0.717, 1.165) is 22.8 Å². The molecule has 4 aromatic rings. The Balaban J connectivity index is 2.03. The number of fused-ring (bicyclic) bond motifs is 1. The molecule has 0 unspecified atom stereocenters. The average molecular weight is 411 g/mol. The number of carbonyl (C=O) groups is 1. The first-order valence-corrected chi connectivity index (χ1v) is 12.1. The van der Waals surface area contributed by atoms with Gasteiger partial charge >= 0.3 is 8.32 Å². The zero-order valence-corrected chi connectivity index (χ0v) is 18.6. The topological polar surface area (TPSA) is 26.3 Å². The van der Waals surface area contributed by atoms with E-state index in [9.17, 15) is 4.79 Å². The molecule has 0 bridgehead atoms. The molecule has 0 N–H and O–H groups in total. The van der Waals surface area contributed by atoms with Crippen molar-refractivity contribution in [2.24, 2.45) is 0 Å². The zero-order chi connectivity index (χ0) is 21.2. The summed E-state index contributed by atoms with van der Waals surface area (Å²) in [6, 6.07) is 33.0. The van der Waals surface area contributed by atoms with E-state index < -0.39 is 8.32 Å².